The summed E-state index contributed by atoms with van der Waals surface area (Å²) in [5.41, 5.74) is 6.26. The lowest BCUT2D eigenvalue weighted by atomic mass is 10.1. The second-order valence-corrected chi connectivity index (χ2v) is 9.78. The zero-order valence-corrected chi connectivity index (χ0v) is 22.2. The number of aliphatic carboxylic acids is 1. The molecule has 0 atom stereocenters. The van der Waals surface area contributed by atoms with Crippen LogP contribution in [0.1, 0.15) is 15.9 Å². The van der Waals surface area contributed by atoms with Gasteiger partial charge in [-0.05, 0) is 82.8 Å². The Morgan fingerprint density at radius 1 is 1.11 bits per heavy atom. The Morgan fingerprint density at radius 3 is 2.56 bits per heavy atom. The van der Waals surface area contributed by atoms with E-state index in [9.17, 15) is 9.59 Å². The first kappa shape index (κ1) is 25.6. The molecule has 0 aliphatic rings. The largest absolute Gasteiger partial charge is 0.481 e. The minimum absolute atomic E-state index is 0.350. The Hall–Kier alpha value is -3.48. The Kier molecular flexibility index (Phi) is 8.52. The van der Waals surface area contributed by atoms with E-state index in [2.05, 4.69) is 20.8 Å². The number of ether oxygens (including phenoxy) is 1. The van der Waals surface area contributed by atoms with Crippen molar-refractivity contribution in [3.63, 3.8) is 0 Å². The average molecular weight is 633 g/mol. The standard InChI is InChI=1S/C25H18ClIN4O4S/c26-18-6-8-19(9-7-18)29-25-30-21(14-36-25)16-2-4-17(5-3-16)24(34)31-28-12-15-1-10-22(20(27)11-15)35-13-23(32)33/h1-12,14H,13H2,(H,29,30)(H,31,34)(H,32,33)/b28-12-. The molecule has 11 heteroatoms. The molecule has 36 heavy (non-hydrogen) atoms. The van der Waals surface area contributed by atoms with E-state index in [1.807, 2.05) is 64.4 Å². The lowest BCUT2D eigenvalue weighted by molar-refractivity contribution is -0.139. The second-order valence-electron chi connectivity index (χ2n) is 7.32. The highest BCUT2D eigenvalue weighted by Gasteiger charge is 2.09. The van der Waals surface area contributed by atoms with Crippen LogP contribution in [0.3, 0.4) is 0 Å². The zero-order chi connectivity index (χ0) is 25.5. The number of carboxylic acids is 1. The molecular weight excluding hydrogens is 615 g/mol. The third kappa shape index (κ3) is 7.03. The Balaban J connectivity index is 1.33. The highest BCUT2D eigenvalue weighted by molar-refractivity contribution is 14.1. The van der Waals surface area contributed by atoms with E-state index in [0.717, 1.165) is 31.2 Å². The number of aromatic nitrogens is 1. The van der Waals surface area contributed by atoms with Gasteiger partial charge in [0, 0.05) is 27.2 Å². The predicted molar refractivity (Wildman–Crippen MR) is 150 cm³/mol. The second kappa shape index (κ2) is 12.0. The van der Waals surface area contributed by atoms with Crippen molar-refractivity contribution in [1.29, 1.82) is 0 Å². The summed E-state index contributed by atoms with van der Waals surface area (Å²) in [6.07, 6.45) is 1.50. The molecule has 0 saturated heterocycles. The number of hydrogen-bond donors (Lipinski definition) is 3. The molecule has 0 saturated carbocycles. The minimum Gasteiger partial charge on any atom is -0.481 e. The quantitative estimate of drug-likeness (QED) is 0.118. The van der Waals surface area contributed by atoms with Crippen LogP contribution in [0, 0.1) is 3.57 Å². The number of halogens is 2. The molecule has 0 spiro atoms. The molecule has 0 aliphatic heterocycles. The van der Waals surface area contributed by atoms with E-state index >= 15 is 0 Å². The maximum absolute atomic E-state index is 12.4. The molecule has 3 aromatic carbocycles. The number of anilines is 2. The Bertz CT molecular complexity index is 1410. The number of rotatable bonds is 9. The van der Waals surface area contributed by atoms with Crippen molar-refractivity contribution in [2.75, 3.05) is 11.9 Å². The third-order valence-corrected chi connectivity index (χ3v) is 6.58. The number of carboxylic acid groups (broad SMARTS) is 1. The number of hydrogen-bond acceptors (Lipinski definition) is 7. The van der Waals surface area contributed by atoms with E-state index in [0.29, 0.717) is 16.3 Å². The summed E-state index contributed by atoms with van der Waals surface area (Å²) < 4.78 is 5.92. The molecule has 8 nitrogen and oxygen atoms in total. The fourth-order valence-electron chi connectivity index (χ4n) is 3.00. The van der Waals surface area contributed by atoms with Gasteiger partial charge < -0.3 is 15.2 Å². The number of benzene rings is 3. The van der Waals surface area contributed by atoms with Crippen molar-refractivity contribution in [2.24, 2.45) is 5.10 Å². The minimum atomic E-state index is -1.05. The lowest BCUT2D eigenvalue weighted by Crippen LogP contribution is -2.17. The normalized spacial score (nSPS) is 10.8. The van der Waals surface area contributed by atoms with E-state index in [1.165, 1.54) is 17.6 Å². The van der Waals surface area contributed by atoms with Crippen molar-refractivity contribution in [1.82, 2.24) is 10.4 Å². The van der Waals surface area contributed by atoms with Crippen LogP contribution in [-0.2, 0) is 4.79 Å². The molecule has 1 aromatic heterocycles. The van der Waals surface area contributed by atoms with Crippen LogP contribution in [-0.4, -0.2) is 34.8 Å². The van der Waals surface area contributed by atoms with Crippen molar-refractivity contribution in [3.8, 4) is 17.0 Å². The summed E-state index contributed by atoms with van der Waals surface area (Å²) >= 11 is 9.45. The highest BCUT2D eigenvalue weighted by Crippen LogP contribution is 2.28. The number of nitrogens with one attached hydrogen (secondary N) is 2. The number of carbonyl (C=O) groups is 2. The summed E-state index contributed by atoms with van der Waals surface area (Å²) in [6, 6.07) is 19.6. The molecule has 0 bridgehead atoms. The smallest absolute Gasteiger partial charge is 0.341 e. The summed E-state index contributed by atoms with van der Waals surface area (Å²) in [5, 5.41) is 19.3. The van der Waals surface area contributed by atoms with Crippen LogP contribution >= 0.6 is 45.5 Å². The Labute approximate surface area is 229 Å². The molecule has 0 unspecified atom stereocenters. The van der Waals surface area contributed by atoms with Gasteiger partial charge in [0.1, 0.15) is 5.75 Å². The molecule has 1 amide bonds. The van der Waals surface area contributed by atoms with Gasteiger partial charge in [0.25, 0.3) is 5.91 Å². The SMILES string of the molecule is O=C(O)COc1ccc(/C=N\NC(=O)c2ccc(-c3csc(Nc4ccc(Cl)cc4)n3)cc2)cc1I. The maximum atomic E-state index is 12.4. The number of thiazole rings is 1. The van der Waals surface area contributed by atoms with Crippen LogP contribution in [0.4, 0.5) is 10.8 Å². The molecular formula is C25H18ClIN4O4S. The maximum Gasteiger partial charge on any atom is 0.341 e. The van der Waals surface area contributed by atoms with Crippen LogP contribution in [0.25, 0.3) is 11.3 Å². The molecule has 0 fully saturated rings. The van der Waals surface area contributed by atoms with E-state index in [1.54, 1.807) is 30.3 Å². The van der Waals surface area contributed by atoms with Gasteiger partial charge in [0.05, 0.1) is 15.5 Å². The molecule has 1 heterocycles. The van der Waals surface area contributed by atoms with Gasteiger partial charge in [-0.2, -0.15) is 5.10 Å². The molecule has 4 rings (SSSR count). The van der Waals surface area contributed by atoms with Crippen LogP contribution < -0.4 is 15.5 Å². The van der Waals surface area contributed by atoms with E-state index in [-0.39, 0.29) is 5.91 Å². The lowest BCUT2D eigenvalue weighted by Gasteiger charge is -2.06. The van der Waals surface area contributed by atoms with Gasteiger partial charge in [0.15, 0.2) is 11.7 Å². The highest BCUT2D eigenvalue weighted by atomic mass is 127. The van der Waals surface area contributed by atoms with E-state index in [4.69, 9.17) is 21.4 Å². The first-order valence-electron chi connectivity index (χ1n) is 10.4. The number of hydrazone groups is 1. The number of nitrogens with zero attached hydrogens (tertiary/aromatic N) is 2. The number of amides is 1. The van der Waals surface area contributed by atoms with Gasteiger partial charge >= 0.3 is 5.97 Å². The van der Waals surface area contributed by atoms with Gasteiger partial charge in [-0.3, -0.25) is 4.79 Å². The van der Waals surface area contributed by atoms with Crippen molar-refractivity contribution < 1.29 is 19.4 Å². The molecule has 0 radical (unpaired) electrons. The molecule has 3 N–H and O–H groups in total. The molecule has 182 valence electrons. The van der Waals surface area contributed by atoms with Gasteiger partial charge in [-0.25, -0.2) is 15.2 Å². The summed E-state index contributed by atoms with van der Waals surface area (Å²) in [5.74, 6) is -0.931. The van der Waals surface area contributed by atoms with Crippen LogP contribution in [0.5, 0.6) is 5.75 Å². The van der Waals surface area contributed by atoms with Crippen molar-refractivity contribution in [2.45, 2.75) is 0 Å². The topological polar surface area (TPSA) is 113 Å². The zero-order valence-electron chi connectivity index (χ0n) is 18.4. The monoisotopic (exact) mass is 632 g/mol. The first-order chi connectivity index (χ1) is 17.4. The van der Waals surface area contributed by atoms with Crippen molar-refractivity contribution >= 4 is 74.4 Å². The van der Waals surface area contributed by atoms with Gasteiger partial charge in [-0.15, -0.1) is 11.3 Å². The van der Waals surface area contributed by atoms with Gasteiger partial charge in [-0.1, -0.05) is 23.7 Å². The molecule has 4 aromatic rings. The van der Waals surface area contributed by atoms with Crippen LogP contribution in [0.15, 0.2) is 77.2 Å². The third-order valence-electron chi connectivity index (χ3n) is 4.73. The average Bonchev–Trinajstić information content (AvgIpc) is 3.33. The van der Waals surface area contributed by atoms with Gasteiger partial charge in [0.2, 0.25) is 0 Å². The summed E-state index contributed by atoms with van der Waals surface area (Å²) in [6.45, 7) is -0.414. The Morgan fingerprint density at radius 2 is 1.86 bits per heavy atom. The first-order valence-corrected chi connectivity index (χ1v) is 12.8. The predicted octanol–water partition coefficient (Wildman–Crippen LogP) is 6.04. The van der Waals surface area contributed by atoms with Crippen LogP contribution in [0.2, 0.25) is 5.02 Å². The van der Waals surface area contributed by atoms with Crippen molar-refractivity contribution in [3.05, 3.63) is 91.8 Å². The summed E-state index contributed by atoms with van der Waals surface area (Å²) in [4.78, 5) is 27.7. The summed E-state index contributed by atoms with van der Waals surface area (Å²) in [7, 11) is 0. The van der Waals surface area contributed by atoms with E-state index < -0.39 is 12.6 Å². The fraction of sp³-hybridized carbons (Fsp3) is 0.0400. The molecule has 0 aliphatic carbocycles. The fourth-order valence-corrected chi connectivity index (χ4v) is 4.56. The number of carbonyl (C=O) groups excluding carboxylic acids is 1.